The van der Waals surface area contributed by atoms with Gasteiger partial charge in [0.05, 0.1) is 6.54 Å². The SMILES string of the molecule is Nc1cccc2c1CCN2CC(F)(F)c1ccccc1. The summed E-state index contributed by atoms with van der Waals surface area (Å²) in [6.45, 7) is 0.277. The molecule has 0 saturated heterocycles. The van der Waals surface area contributed by atoms with Crippen molar-refractivity contribution in [2.24, 2.45) is 0 Å². The molecule has 0 amide bonds. The number of nitrogens with two attached hydrogens (primary N) is 1. The molecule has 0 atom stereocenters. The highest BCUT2D eigenvalue weighted by molar-refractivity contribution is 5.68. The number of rotatable bonds is 3. The average Bonchev–Trinajstić information content (AvgIpc) is 2.84. The van der Waals surface area contributed by atoms with E-state index in [0.29, 0.717) is 12.2 Å². The predicted octanol–water partition coefficient (Wildman–Crippen LogP) is 3.42. The Hall–Kier alpha value is -2.10. The van der Waals surface area contributed by atoms with Crippen LogP contribution in [0.25, 0.3) is 0 Å². The van der Waals surface area contributed by atoms with Crippen LogP contribution in [-0.4, -0.2) is 13.1 Å². The highest BCUT2D eigenvalue weighted by Crippen LogP contribution is 2.36. The Labute approximate surface area is 116 Å². The van der Waals surface area contributed by atoms with E-state index in [1.54, 1.807) is 23.1 Å². The highest BCUT2D eigenvalue weighted by atomic mass is 19.3. The summed E-state index contributed by atoms with van der Waals surface area (Å²) < 4.78 is 28.7. The van der Waals surface area contributed by atoms with Crippen molar-refractivity contribution in [1.29, 1.82) is 0 Å². The van der Waals surface area contributed by atoms with Gasteiger partial charge in [-0.15, -0.1) is 0 Å². The molecule has 4 heteroatoms. The van der Waals surface area contributed by atoms with E-state index >= 15 is 0 Å². The van der Waals surface area contributed by atoms with Crippen molar-refractivity contribution >= 4 is 11.4 Å². The average molecular weight is 274 g/mol. The van der Waals surface area contributed by atoms with Crippen molar-refractivity contribution in [1.82, 2.24) is 0 Å². The quantitative estimate of drug-likeness (QED) is 0.869. The standard InChI is InChI=1S/C16H16F2N2/c17-16(18,12-5-2-1-3-6-12)11-20-10-9-13-14(19)7-4-8-15(13)20/h1-8H,9-11,19H2. The normalized spacial score (nSPS) is 14.4. The van der Waals surface area contributed by atoms with Crippen molar-refractivity contribution in [2.45, 2.75) is 12.3 Å². The van der Waals surface area contributed by atoms with Crippen LogP contribution in [0.1, 0.15) is 11.1 Å². The van der Waals surface area contributed by atoms with Gasteiger partial charge in [-0.05, 0) is 18.6 Å². The fourth-order valence-electron chi connectivity index (χ4n) is 2.71. The van der Waals surface area contributed by atoms with Crippen molar-refractivity contribution in [3.63, 3.8) is 0 Å². The molecule has 0 saturated carbocycles. The molecule has 0 aliphatic carbocycles. The van der Waals surface area contributed by atoms with E-state index in [-0.39, 0.29) is 12.1 Å². The maximum absolute atomic E-state index is 14.3. The molecule has 1 aliphatic rings. The predicted molar refractivity (Wildman–Crippen MR) is 77.1 cm³/mol. The summed E-state index contributed by atoms with van der Waals surface area (Å²) >= 11 is 0. The zero-order valence-corrected chi connectivity index (χ0v) is 11.0. The van der Waals surface area contributed by atoms with Gasteiger partial charge in [0, 0.05) is 29.0 Å². The molecule has 3 rings (SSSR count). The third-order valence-corrected chi connectivity index (χ3v) is 3.75. The molecule has 2 N–H and O–H groups in total. The number of hydrogen-bond donors (Lipinski definition) is 1. The number of hydrogen-bond acceptors (Lipinski definition) is 2. The van der Waals surface area contributed by atoms with Crippen molar-refractivity contribution in [3.8, 4) is 0 Å². The summed E-state index contributed by atoms with van der Waals surface area (Å²) in [5.74, 6) is -2.87. The molecule has 0 fully saturated rings. The maximum Gasteiger partial charge on any atom is 0.290 e. The number of halogens is 2. The summed E-state index contributed by atoms with van der Waals surface area (Å²) in [5.41, 5.74) is 8.45. The largest absolute Gasteiger partial charge is 0.398 e. The Bertz CT molecular complexity index is 611. The van der Waals surface area contributed by atoms with Crippen molar-refractivity contribution < 1.29 is 8.78 Å². The van der Waals surface area contributed by atoms with Gasteiger partial charge in [-0.1, -0.05) is 36.4 Å². The lowest BCUT2D eigenvalue weighted by Crippen LogP contribution is -2.34. The van der Waals surface area contributed by atoms with Crippen LogP contribution >= 0.6 is 0 Å². The first kappa shape index (κ1) is 12.9. The first-order chi connectivity index (χ1) is 9.58. The van der Waals surface area contributed by atoms with Gasteiger partial charge in [0.15, 0.2) is 0 Å². The minimum absolute atomic E-state index is 0.0531. The minimum Gasteiger partial charge on any atom is -0.398 e. The summed E-state index contributed by atoms with van der Waals surface area (Å²) in [7, 11) is 0. The molecule has 0 bridgehead atoms. The number of fused-ring (bicyclic) bond motifs is 1. The molecule has 1 aliphatic heterocycles. The summed E-state index contributed by atoms with van der Waals surface area (Å²) in [4.78, 5) is 1.72. The van der Waals surface area contributed by atoms with Gasteiger partial charge in [0.1, 0.15) is 0 Å². The van der Waals surface area contributed by atoms with Crippen molar-refractivity contribution in [3.05, 3.63) is 59.7 Å². The number of benzene rings is 2. The number of alkyl halides is 2. The summed E-state index contributed by atoms with van der Waals surface area (Å²) in [5, 5.41) is 0. The van der Waals surface area contributed by atoms with Crippen LogP contribution in [0.3, 0.4) is 0 Å². The Morgan fingerprint density at radius 2 is 1.80 bits per heavy atom. The zero-order chi connectivity index (χ0) is 14.2. The van der Waals surface area contributed by atoms with E-state index in [9.17, 15) is 8.78 Å². The molecule has 2 nitrogen and oxygen atoms in total. The fraction of sp³-hybridized carbons (Fsp3) is 0.250. The summed E-state index contributed by atoms with van der Waals surface area (Å²) in [6, 6.07) is 13.4. The van der Waals surface area contributed by atoms with E-state index < -0.39 is 5.92 Å². The molecule has 0 unspecified atom stereocenters. The van der Waals surface area contributed by atoms with Gasteiger partial charge in [0.25, 0.3) is 5.92 Å². The first-order valence-electron chi connectivity index (χ1n) is 6.63. The van der Waals surface area contributed by atoms with Gasteiger partial charge in [-0.25, -0.2) is 0 Å². The molecule has 0 aromatic heterocycles. The third-order valence-electron chi connectivity index (χ3n) is 3.75. The van der Waals surface area contributed by atoms with Gasteiger partial charge in [-0.3, -0.25) is 0 Å². The highest BCUT2D eigenvalue weighted by Gasteiger charge is 2.36. The molecule has 2 aromatic carbocycles. The van der Waals surface area contributed by atoms with Crippen LogP contribution in [0, 0.1) is 0 Å². The second kappa shape index (κ2) is 4.78. The lowest BCUT2D eigenvalue weighted by atomic mass is 10.1. The van der Waals surface area contributed by atoms with Crippen LogP contribution in [0.4, 0.5) is 20.2 Å². The first-order valence-corrected chi connectivity index (χ1v) is 6.63. The molecule has 2 aromatic rings. The Balaban J connectivity index is 1.86. The fourth-order valence-corrected chi connectivity index (χ4v) is 2.71. The molecule has 0 spiro atoms. The van der Waals surface area contributed by atoms with Crippen LogP contribution in [-0.2, 0) is 12.3 Å². The zero-order valence-electron chi connectivity index (χ0n) is 11.0. The number of anilines is 2. The van der Waals surface area contributed by atoms with Crippen LogP contribution in [0.15, 0.2) is 48.5 Å². The molecular formula is C16H16F2N2. The van der Waals surface area contributed by atoms with Crippen LogP contribution < -0.4 is 10.6 Å². The monoisotopic (exact) mass is 274 g/mol. The van der Waals surface area contributed by atoms with E-state index in [0.717, 1.165) is 17.7 Å². The van der Waals surface area contributed by atoms with Crippen LogP contribution in [0.5, 0.6) is 0 Å². The smallest absolute Gasteiger partial charge is 0.290 e. The van der Waals surface area contributed by atoms with E-state index in [2.05, 4.69) is 0 Å². The second-order valence-corrected chi connectivity index (χ2v) is 5.09. The lowest BCUT2D eigenvalue weighted by molar-refractivity contribution is 0.00433. The Morgan fingerprint density at radius 1 is 1.05 bits per heavy atom. The molecule has 104 valence electrons. The summed E-state index contributed by atoms with van der Waals surface area (Å²) in [6.07, 6.45) is 0.729. The Kier molecular flexibility index (Phi) is 3.08. The molecule has 0 radical (unpaired) electrons. The Morgan fingerprint density at radius 3 is 2.55 bits per heavy atom. The minimum atomic E-state index is -2.87. The van der Waals surface area contributed by atoms with Gasteiger partial charge in [0.2, 0.25) is 0 Å². The molecular weight excluding hydrogens is 258 g/mol. The van der Waals surface area contributed by atoms with Gasteiger partial charge >= 0.3 is 0 Å². The van der Waals surface area contributed by atoms with E-state index in [4.69, 9.17) is 5.73 Å². The number of nitrogen functional groups attached to an aromatic ring is 1. The van der Waals surface area contributed by atoms with Gasteiger partial charge < -0.3 is 10.6 Å². The topological polar surface area (TPSA) is 29.3 Å². The lowest BCUT2D eigenvalue weighted by Gasteiger charge is -2.26. The maximum atomic E-state index is 14.3. The second-order valence-electron chi connectivity index (χ2n) is 5.09. The van der Waals surface area contributed by atoms with Gasteiger partial charge in [-0.2, -0.15) is 8.78 Å². The third kappa shape index (κ3) is 2.22. The molecule has 20 heavy (non-hydrogen) atoms. The van der Waals surface area contributed by atoms with E-state index in [1.165, 1.54) is 12.1 Å². The van der Waals surface area contributed by atoms with Crippen LogP contribution in [0.2, 0.25) is 0 Å². The van der Waals surface area contributed by atoms with Crippen molar-refractivity contribution in [2.75, 3.05) is 23.7 Å². The number of nitrogens with zero attached hydrogens (tertiary/aromatic N) is 1. The molecule has 1 heterocycles. The van der Waals surface area contributed by atoms with E-state index in [1.807, 2.05) is 18.2 Å².